The fourth-order valence-corrected chi connectivity index (χ4v) is 4.05. The largest absolute Gasteiger partial charge is 0.481 e. The second-order valence-electron chi connectivity index (χ2n) is 8.44. The van der Waals surface area contributed by atoms with Gasteiger partial charge in [0.2, 0.25) is 0 Å². The minimum Gasteiger partial charge on any atom is -0.481 e. The highest BCUT2D eigenvalue weighted by atomic mass is 16.6. The Bertz CT molecular complexity index is 523. The summed E-state index contributed by atoms with van der Waals surface area (Å²) in [6.45, 7) is 7.28. The van der Waals surface area contributed by atoms with Gasteiger partial charge in [-0.1, -0.05) is 6.92 Å². The van der Waals surface area contributed by atoms with Crippen LogP contribution in [-0.2, 0) is 23.8 Å². The van der Waals surface area contributed by atoms with E-state index in [0.29, 0.717) is 19.3 Å². The lowest BCUT2D eigenvalue weighted by molar-refractivity contribution is -0.159. The van der Waals surface area contributed by atoms with Gasteiger partial charge < -0.3 is 24.4 Å². The second-order valence-corrected chi connectivity index (χ2v) is 8.44. The van der Waals surface area contributed by atoms with E-state index in [9.17, 15) is 14.7 Å². The molecular weight excluding hydrogens is 364 g/mol. The van der Waals surface area contributed by atoms with E-state index in [2.05, 4.69) is 0 Å². The molecule has 0 spiro atoms. The Kier molecular flexibility index (Phi) is 8.71. The summed E-state index contributed by atoms with van der Waals surface area (Å²) in [6.07, 6.45) is 3.88. The molecule has 0 aromatic rings. The molecule has 0 aliphatic carbocycles. The van der Waals surface area contributed by atoms with Gasteiger partial charge in [0.15, 0.2) is 0 Å². The number of carbonyl (C=O) groups is 2. The summed E-state index contributed by atoms with van der Waals surface area (Å²) in [5, 5.41) is 18.9. The first-order valence-corrected chi connectivity index (χ1v) is 10.6. The number of hydrogen-bond donors (Lipinski definition) is 2. The van der Waals surface area contributed by atoms with E-state index < -0.39 is 11.9 Å². The van der Waals surface area contributed by atoms with Crippen LogP contribution in [0.4, 0.5) is 0 Å². The molecule has 0 unspecified atom stereocenters. The van der Waals surface area contributed by atoms with E-state index in [0.717, 1.165) is 25.7 Å². The Morgan fingerprint density at radius 2 is 1.50 bits per heavy atom. The van der Waals surface area contributed by atoms with Crippen molar-refractivity contribution in [1.29, 1.82) is 0 Å². The standard InChI is InChI=1S/C21H36O7/c1-5-15(22)11-17-7-9-19(28-17)14(4)21(25)26-12(2)10-16-6-8-18(27-16)13(3)20(23)24/h12-19,22H,5-11H2,1-4H3,(H,23,24)/t12-,13+,14+,15+,16-,17+,18+,19+/m0/s1. The smallest absolute Gasteiger partial charge is 0.311 e. The van der Waals surface area contributed by atoms with Gasteiger partial charge in [-0.15, -0.1) is 0 Å². The predicted octanol–water partition coefficient (Wildman–Crippen LogP) is 2.92. The van der Waals surface area contributed by atoms with Crippen molar-refractivity contribution >= 4 is 11.9 Å². The zero-order valence-corrected chi connectivity index (χ0v) is 17.5. The van der Waals surface area contributed by atoms with Gasteiger partial charge in [0.1, 0.15) is 6.10 Å². The Hall–Kier alpha value is -1.18. The maximum atomic E-state index is 12.5. The molecule has 28 heavy (non-hydrogen) atoms. The Morgan fingerprint density at radius 1 is 0.964 bits per heavy atom. The fourth-order valence-electron chi connectivity index (χ4n) is 4.05. The van der Waals surface area contributed by atoms with E-state index in [4.69, 9.17) is 19.3 Å². The molecule has 2 aliphatic rings. The first-order chi connectivity index (χ1) is 13.2. The van der Waals surface area contributed by atoms with Crippen LogP contribution in [0, 0.1) is 11.8 Å². The monoisotopic (exact) mass is 400 g/mol. The van der Waals surface area contributed by atoms with Crippen LogP contribution in [0.25, 0.3) is 0 Å². The number of hydrogen-bond acceptors (Lipinski definition) is 6. The molecule has 0 bridgehead atoms. The van der Waals surface area contributed by atoms with Crippen LogP contribution in [0.5, 0.6) is 0 Å². The third kappa shape index (κ3) is 6.42. The van der Waals surface area contributed by atoms with Crippen molar-refractivity contribution in [3.8, 4) is 0 Å². The molecule has 7 nitrogen and oxygen atoms in total. The van der Waals surface area contributed by atoms with E-state index in [-0.39, 0.29) is 48.5 Å². The zero-order valence-electron chi connectivity index (χ0n) is 17.5. The number of rotatable bonds is 10. The molecular formula is C21H36O7. The SMILES string of the molecule is CC[C@@H](O)C[C@H]1CC[C@H]([C@@H](C)C(=O)O[C@@H](C)C[C@@H]2CC[C@H]([C@@H](C)C(=O)O)O2)O1. The number of carbonyl (C=O) groups excluding carboxylic acids is 1. The Morgan fingerprint density at radius 3 is 2.04 bits per heavy atom. The van der Waals surface area contributed by atoms with Crippen molar-refractivity contribution in [3.05, 3.63) is 0 Å². The van der Waals surface area contributed by atoms with Gasteiger partial charge in [-0.25, -0.2) is 0 Å². The number of ether oxygens (including phenoxy) is 3. The van der Waals surface area contributed by atoms with Gasteiger partial charge >= 0.3 is 11.9 Å². The van der Waals surface area contributed by atoms with Crippen LogP contribution in [-0.4, -0.2) is 58.8 Å². The molecule has 2 saturated heterocycles. The highest BCUT2D eigenvalue weighted by Gasteiger charge is 2.36. The van der Waals surface area contributed by atoms with Crippen molar-refractivity contribution in [2.75, 3.05) is 0 Å². The molecule has 2 fully saturated rings. The minimum atomic E-state index is -0.847. The lowest BCUT2D eigenvalue weighted by Gasteiger charge is -2.23. The summed E-state index contributed by atoms with van der Waals surface area (Å²) < 4.78 is 17.4. The summed E-state index contributed by atoms with van der Waals surface area (Å²) in [7, 11) is 0. The molecule has 0 aromatic heterocycles. The summed E-state index contributed by atoms with van der Waals surface area (Å²) in [5.74, 6) is -2.00. The molecule has 2 N–H and O–H groups in total. The van der Waals surface area contributed by atoms with Crippen molar-refractivity contribution in [3.63, 3.8) is 0 Å². The topological polar surface area (TPSA) is 102 Å². The van der Waals surface area contributed by atoms with Crippen molar-refractivity contribution in [2.45, 2.75) is 109 Å². The van der Waals surface area contributed by atoms with Crippen molar-refractivity contribution in [2.24, 2.45) is 11.8 Å². The minimum absolute atomic E-state index is 0.00710. The van der Waals surface area contributed by atoms with Gasteiger partial charge in [0.25, 0.3) is 0 Å². The molecule has 2 rings (SSSR count). The number of aliphatic hydroxyl groups excluding tert-OH is 1. The van der Waals surface area contributed by atoms with Gasteiger partial charge in [0.05, 0.1) is 42.4 Å². The van der Waals surface area contributed by atoms with Crippen LogP contribution in [0.2, 0.25) is 0 Å². The van der Waals surface area contributed by atoms with Gasteiger partial charge in [-0.05, 0) is 59.3 Å². The van der Waals surface area contributed by atoms with Crippen molar-refractivity contribution in [1.82, 2.24) is 0 Å². The number of esters is 1. The molecule has 2 heterocycles. The van der Waals surface area contributed by atoms with Crippen molar-refractivity contribution < 1.29 is 34.0 Å². The predicted molar refractivity (Wildman–Crippen MR) is 103 cm³/mol. The second kappa shape index (κ2) is 10.6. The molecule has 2 aliphatic heterocycles. The molecule has 8 atom stereocenters. The molecule has 0 aromatic carbocycles. The van der Waals surface area contributed by atoms with E-state index in [1.54, 1.807) is 6.92 Å². The van der Waals surface area contributed by atoms with E-state index >= 15 is 0 Å². The van der Waals surface area contributed by atoms with Gasteiger partial charge in [-0.2, -0.15) is 0 Å². The number of aliphatic carboxylic acids is 1. The quantitative estimate of drug-likeness (QED) is 0.544. The number of carboxylic acids is 1. The number of carboxylic acid groups (broad SMARTS) is 1. The van der Waals surface area contributed by atoms with E-state index in [1.165, 1.54) is 0 Å². The first kappa shape index (κ1) is 23.1. The highest BCUT2D eigenvalue weighted by Crippen LogP contribution is 2.31. The third-order valence-corrected chi connectivity index (χ3v) is 6.08. The molecule has 0 amide bonds. The van der Waals surface area contributed by atoms with Crippen LogP contribution in [0.15, 0.2) is 0 Å². The molecule has 0 saturated carbocycles. The van der Waals surface area contributed by atoms with Crippen LogP contribution >= 0.6 is 0 Å². The van der Waals surface area contributed by atoms with E-state index in [1.807, 2.05) is 20.8 Å². The average molecular weight is 401 g/mol. The van der Waals surface area contributed by atoms with Crippen LogP contribution in [0.3, 0.4) is 0 Å². The summed E-state index contributed by atoms with van der Waals surface area (Å²) in [4.78, 5) is 23.6. The number of aliphatic hydroxyl groups is 1. The summed E-state index contributed by atoms with van der Waals surface area (Å²) in [6, 6.07) is 0. The lowest BCUT2D eigenvalue weighted by Crippen LogP contribution is -2.32. The zero-order chi connectivity index (χ0) is 20.8. The summed E-state index contributed by atoms with van der Waals surface area (Å²) in [5.41, 5.74) is 0. The maximum Gasteiger partial charge on any atom is 0.311 e. The normalized spacial score (nSPS) is 31.9. The van der Waals surface area contributed by atoms with Gasteiger partial charge in [-0.3, -0.25) is 9.59 Å². The first-order valence-electron chi connectivity index (χ1n) is 10.6. The van der Waals surface area contributed by atoms with Crippen LogP contribution in [0.1, 0.15) is 72.6 Å². The molecule has 7 heteroatoms. The third-order valence-electron chi connectivity index (χ3n) is 6.08. The highest BCUT2D eigenvalue weighted by molar-refractivity contribution is 5.73. The molecule has 0 radical (unpaired) electrons. The Labute approximate surface area is 167 Å². The average Bonchev–Trinajstić information content (AvgIpc) is 3.29. The van der Waals surface area contributed by atoms with Crippen LogP contribution < -0.4 is 0 Å². The lowest BCUT2D eigenvalue weighted by atomic mass is 10.0. The Balaban J connectivity index is 1.73. The fraction of sp³-hybridized carbons (Fsp3) is 0.905. The molecule has 162 valence electrons. The maximum absolute atomic E-state index is 12.5. The summed E-state index contributed by atoms with van der Waals surface area (Å²) >= 11 is 0. The van der Waals surface area contributed by atoms with Gasteiger partial charge in [0, 0.05) is 6.42 Å².